The second kappa shape index (κ2) is 4.85. The van der Waals surface area contributed by atoms with E-state index >= 15 is 0 Å². The molecule has 0 aromatic heterocycles. The zero-order chi connectivity index (χ0) is 14.1. The third-order valence-electron chi connectivity index (χ3n) is 3.15. The minimum absolute atomic E-state index is 0.131. The molecular weight excluding hydrogens is 259 g/mol. The van der Waals surface area contributed by atoms with Gasteiger partial charge in [0, 0.05) is 7.11 Å². The first-order valence-corrected chi connectivity index (χ1v) is 5.86. The molecule has 1 N–H and O–H groups in total. The highest BCUT2D eigenvalue weighted by atomic mass is 19.4. The molecule has 1 fully saturated rings. The van der Waals surface area contributed by atoms with Gasteiger partial charge in [-0.1, -0.05) is 18.2 Å². The molecule has 0 bridgehead atoms. The van der Waals surface area contributed by atoms with Crippen LogP contribution in [0.4, 0.5) is 13.2 Å². The molecule has 0 radical (unpaired) electrons. The summed E-state index contributed by atoms with van der Waals surface area (Å²) in [5, 5.41) is 2.63. The van der Waals surface area contributed by atoms with Gasteiger partial charge in [0.25, 0.3) is 0 Å². The minimum Gasteiger partial charge on any atom is -0.375 e. The molecule has 0 spiro atoms. The van der Waals surface area contributed by atoms with E-state index in [2.05, 4.69) is 10.1 Å². The number of hydrogen-bond donors (Lipinski definition) is 1. The van der Waals surface area contributed by atoms with Crippen molar-refractivity contribution in [1.29, 1.82) is 0 Å². The van der Waals surface area contributed by atoms with Crippen molar-refractivity contribution in [3.05, 3.63) is 35.4 Å². The maximum Gasteiger partial charge on any atom is 0.416 e. The van der Waals surface area contributed by atoms with Crippen LogP contribution in [-0.2, 0) is 21.2 Å². The molecule has 1 aromatic rings. The molecular formula is C13H14F3NO2. The predicted molar refractivity (Wildman–Crippen MR) is 62.4 cm³/mol. The fourth-order valence-corrected chi connectivity index (χ4v) is 2.17. The van der Waals surface area contributed by atoms with E-state index in [0.717, 1.165) is 6.07 Å². The summed E-state index contributed by atoms with van der Waals surface area (Å²) in [6, 6.07) is 5.35. The summed E-state index contributed by atoms with van der Waals surface area (Å²) in [5.74, 6) is -0.406. The summed E-state index contributed by atoms with van der Waals surface area (Å²) in [4.78, 5) is 11.5. The van der Waals surface area contributed by atoms with Crippen LogP contribution in [0.15, 0.2) is 24.3 Å². The van der Waals surface area contributed by atoms with E-state index in [9.17, 15) is 18.0 Å². The molecule has 1 aliphatic rings. The number of carbonyl (C=O) groups excluding carboxylic acids is 1. The third kappa shape index (κ3) is 2.89. The van der Waals surface area contributed by atoms with Gasteiger partial charge in [-0.2, -0.15) is 13.2 Å². The number of methoxy groups -OCH3 is 1. The topological polar surface area (TPSA) is 38.3 Å². The number of alkyl halides is 3. The summed E-state index contributed by atoms with van der Waals surface area (Å²) in [5.41, 5.74) is -1.45. The van der Waals surface area contributed by atoms with Crippen molar-refractivity contribution in [2.75, 3.05) is 13.7 Å². The average molecular weight is 273 g/mol. The number of amides is 1. The maximum atomic E-state index is 13.0. The van der Waals surface area contributed by atoms with E-state index in [-0.39, 0.29) is 12.2 Å². The third-order valence-corrected chi connectivity index (χ3v) is 3.15. The monoisotopic (exact) mass is 273 g/mol. The number of halogens is 3. The quantitative estimate of drug-likeness (QED) is 0.915. The van der Waals surface area contributed by atoms with Crippen LogP contribution in [-0.4, -0.2) is 19.6 Å². The van der Waals surface area contributed by atoms with E-state index in [1.165, 1.54) is 19.2 Å². The van der Waals surface area contributed by atoms with Gasteiger partial charge in [0.1, 0.15) is 6.61 Å². The molecule has 1 aromatic carbocycles. The average Bonchev–Trinajstić information content (AvgIpc) is 3.09. The van der Waals surface area contributed by atoms with Crippen LogP contribution < -0.4 is 5.32 Å². The van der Waals surface area contributed by atoms with Crippen LogP contribution in [0.5, 0.6) is 0 Å². The lowest BCUT2D eigenvalue weighted by molar-refractivity contribution is -0.139. The summed E-state index contributed by atoms with van der Waals surface area (Å²) in [6.07, 6.45) is -3.40. The standard InChI is InChI=1S/C13H14F3NO2/c1-19-8-11(18)17-12(6-7-12)9-4-2-3-5-10(9)13(14,15)16/h2-5H,6-8H2,1H3,(H,17,18). The van der Waals surface area contributed by atoms with Gasteiger partial charge in [-0.3, -0.25) is 4.79 Å². The first-order valence-electron chi connectivity index (χ1n) is 5.86. The van der Waals surface area contributed by atoms with E-state index in [4.69, 9.17) is 0 Å². The Bertz CT molecular complexity index is 481. The lowest BCUT2D eigenvalue weighted by atomic mass is 9.98. The summed E-state index contributed by atoms with van der Waals surface area (Å²) in [6.45, 7) is -0.157. The largest absolute Gasteiger partial charge is 0.416 e. The Labute approximate surface area is 108 Å². The number of hydrogen-bond acceptors (Lipinski definition) is 2. The Morgan fingerprint density at radius 2 is 2.00 bits per heavy atom. The molecule has 0 aliphatic heterocycles. The lowest BCUT2D eigenvalue weighted by Gasteiger charge is -2.22. The Morgan fingerprint density at radius 1 is 1.37 bits per heavy atom. The van der Waals surface area contributed by atoms with Crippen LogP contribution in [0.3, 0.4) is 0 Å². The molecule has 0 atom stereocenters. The van der Waals surface area contributed by atoms with Crippen molar-refractivity contribution in [2.45, 2.75) is 24.6 Å². The highest BCUT2D eigenvalue weighted by Gasteiger charge is 2.50. The summed E-state index contributed by atoms with van der Waals surface area (Å²) < 4.78 is 43.5. The molecule has 2 rings (SSSR count). The van der Waals surface area contributed by atoms with Crippen LogP contribution in [0, 0.1) is 0 Å². The van der Waals surface area contributed by atoms with Gasteiger partial charge < -0.3 is 10.1 Å². The summed E-state index contributed by atoms with van der Waals surface area (Å²) in [7, 11) is 1.36. The van der Waals surface area contributed by atoms with Gasteiger partial charge in [0.2, 0.25) is 5.91 Å². The zero-order valence-corrected chi connectivity index (χ0v) is 10.4. The molecule has 19 heavy (non-hydrogen) atoms. The molecule has 104 valence electrons. The van der Waals surface area contributed by atoms with E-state index in [1.807, 2.05) is 0 Å². The first kappa shape index (κ1) is 13.9. The second-order valence-electron chi connectivity index (χ2n) is 4.61. The second-order valence-corrected chi connectivity index (χ2v) is 4.61. The van der Waals surface area contributed by atoms with E-state index in [0.29, 0.717) is 12.8 Å². The Balaban J connectivity index is 2.29. The Hall–Kier alpha value is -1.56. The molecule has 0 saturated heterocycles. The van der Waals surface area contributed by atoms with Gasteiger partial charge in [0.15, 0.2) is 0 Å². The molecule has 1 aliphatic carbocycles. The fraction of sp³-hybridized carbons (Fsp3) is 0.462. The highest BCUT2D eigenvalue weighted by molar-refractivity contribution is 5.79. The molecule has 0 unspecified atom stereocenters. The minimum atomic E-state index is -4.42. The van der Waals surface area contributed by atoms with Crippen molar-refractivity contribution in [3.63, 3.8) is 0 Å². The zero-order valence-electron chi connectivity index (χ0n) is 10.4. The van der Waals surface area contributed by atoms with Crippen molar-refractivity contribution in [1.82, 2.24) is 5.32 Å². The van der Waals surface area contributed by atoms with Crippen molar-refractivity contribution in [3.8, 4) is 0 Å². The van der Waals surface area contributed by atoms with Gasteiger partial charge in [-0.05, 0) is 24.5 Å². The lowest BCUT2D eigenvalue weighted by Crippen LogP contribution is -2.38. The highest BCUT2D eigenvalue weighted by Crippen LogP contribution is 2.49. The number of ether oxygens (including phenoxy) is 1. The van der Waals surface area contributed by atoms with Crippen LogP contribution in [0.1, 0.15) is 24.0 Å². The van der Waals surface area contributed by atoms with Gasteiger partial charge in [-0.15, -0.1) is 0 Å². The number of rotatable bonds is 4. The number of carbonyl (C=O) groups is 1. The molecule has 0 heterocycles. The molecule has 1 amide bonds. The smallest absolute Gasteiger partial charge is 0.375 e. The van der Waals surface area contributed by atoms with Gasteiger partial charge in [0.05, 0.1) is 11.1 Å². The first-order chi connectivity index (χ1) is 8.89. The fourth-order valence-electron chi connectivity index (χ4n) is 2.17. The van der Waals surface area contributed by atoms with E-state index < -0.39 is 23.2 Å². The van der Waals surface area contributed by atoms with Crippen molar-refractivity contribution in [2.24, 2.45) is 0 Å². The molecule has 1 saturated carbocycles. The predicted octanol–water partition coefficient (Wildman–Crippen LogP) is 2.46. The summed E-state index contributed by atoms with van der Waals surface area (Å²) >= 11 is 0. The van der Waals surface area contributed by atoms with Crippen LogP contribution in [0.25, 0.3) is 0 Å². The number of nitrogens with one attached hydrogen (secondary N) is 1. The Kier molecular flexibility index (Phi) is 3.54. The van der Waals surface area contributed by atoms with Crippen LogP contribution >= 0.6 is 0 Å². The normalized spacial score (nSPS) is 17.1. The number of benzene rings is 1. The van der Waals surface area contributed by atoms with Crippen molar-refractivity contribution >= 4 is 5.91 Å². The van der Waals surface area contributed by atoms with E-state index in [1.54, 1.807) is 6.07 Å². The SMILES string of the molecule is COCC(=O)NC1(c2ccccc2C(F)(F)F)CC1. The molecule has 3 nitrogen and oxygen atoms in total. The Morgan fingerprint density at radius 3 is 2.53 bits per heavy atom. The van der Waals surface area contributed by atoms with Gasteiger partial charge >= 0.3 is 6.18 Å². The molecule has 6 heteroatoms. The maximum absolute atomic E-state index is 13.0. The van der Waals surface area contributed by atoms with Crippen LogP contribution in [0.2, 0.25) is 0 Å². The van der Waals surface area contributed by atoms with Gasteiger partial charge in [-0.25, -0.2) is 0 Å². The van der Waals surface area contributed by atoms with Crippen molar-refractivity contribution < 1.29 is 22.7 Å².